The number of pyridine rings is 1. The summed E-state index contributed by atoms with van der Waals surface area (Å²) in [5, 5.41) is 2.90. The predicted octanol–water partition coefficient (Wildman–Crippen LogP) is 2.24. The van der Waals surface area contributed by atoms with Crippen LogP contribution in [-0.2, 0) is 18.4 Å². The molecule has 0 saturated carbocycles. The third-order valence-electron chi connectivity index (χ3n) is 4.80. The molecule has 0 aliphatic heterocycles. The summed E-state index contributed by atoms with van der Waals surface area (Å²) in [6.45, 7) is 3.72. The second-order valence-electron chi connectivity index (χ2n) is 6.56. The number of nitrogens with zero attached hydrogens (tertiary/aromatic N) is 2. The molecule has 132 valence electrons. The van der Waals surface area contributed by atoms with E-state index in [4.69, 9.17) is 0 Å². The third kappa shape index (κ3) is 3.45. The predicted molar refractivity (Wildman–Crippen MR) is 90.8 cm³/mol. The van der Waals surface area contributed by atoms with Crippen LogP contribution in [0.3, 0.4) is 0 Å². The highest BCUT2D eigenvalue weighted by molar-refractivity contribution is 5.94. The van der Waals surface area contributed by atoms with E-state index in [2.05, 4.69) is 20.3 Å². The fraction of sp³-hybridized carbons (Fsp3) is 0.444. The molecule has 1 aliphatic rings. The Kier molecular flexibility index (Phi) is 4.65. The summed E-state index contributed by atoms with van der Waals surface area (Å²) < 4.78 is 12.9. The zero-order valence-corrected chi connectivity index (χ0v) is 14.4. The van der Waals surface area contributed by atoms with Crippen molar-refractivity contribution in [2.24, 2.45) is 0 Å². The monoisotopic (exact) mass is 344 g/mol. The fourth-order valence-corrected chi connectivity index (χ4v) is 3.01. The van der Waals surface area contributed by atoms with Crippen LogP contribution in [0.4, 0.5) is 4.39 Å². The SMILES string of the molecule is CC[C@@](C)(NC(=O)c1ccc(F)nc1)c1nc2c(c(=O)[nH]1)CCCC2. The lowest BCUT2D eigenvalue weighted by Gasteiger charge is -2.29. The van der Waals surface area contributed by atoms with Crippen LogP contribution in [0.2, 0.25) is 0 Å². The Labute approximate surface area is 144 Å². The molecule has 2 N–H and O–H groups in total. The van der Waals surface area contributed by atoms with Crippen molar-refractivity contribution in [1.82, 2.24) is 20.3 Å². The Hall–Kier alpha value is -2.57. The number of aryl methyl sites for hydroxylation is 1. The molecule has 1 aliphatic carbocycles. The Balaban J connectivity index is 1.92. The topological polar surface area (TPSA) is 87.7 Å². The van der Waals surface area contributed by atoms with Gasteiger partial charge >= 0.3 is 0 Å². The van der Waals surface area contributed by atoms with E-state index >= 15 is 0 Å². The summed E-state index contributed by atoms with van der Waals surface area (Å²) in [7, 11) is 0. The van der Waals surface area contributed by atoms with Crippen molar-refractivity contribution in [3.63, 3.8) is 0 Å². The number of amides is 1. The molecule has 6 nitrogen and oxygen atoms in total. The van der Waals surface area contributed by atoms with E-state index in [1.807, 2.05) is 13.8 Å². The van der Waals surface area contributed by atoms with Crippen LogP contribution in [-0.4, -0.2) is 20.9 Å². The largest absolute Gasteiger partial charge is 0.340 e. The highest BCUT2D eigenvalue weighted by Crippen LogP contribution is 2.24. The van der Waals surface area contributed by atoms with Crippen LogP contribution in [0.1, 0.15) is 60.5 Å². The molecule has 0 bridgehead atoms. The summed E-state index contributed by atoms with van der Waals surface area (Å²) in [5.41, 5.74) is 0.861. The van der Waals surface area contributed by atoms with Crippen LogP contribution < -0.4 is 10.9 Å². The maximum absolute atomic E-state index is 12.9. The molecule has 25 heavy (non-hydrogen) atoms. The number of hydrogen-bond donors (Lipinski definition) is 2. The van der Waals surface area contributed by atoms with Crippen LogP contribution >= 0.6 is 0 Å². The van der Waals surface area contributed by atoms with Crippen molar-refractivity contribution in [3.8, 4) is 0 Å². The second kappa shape index (κ2) is 6.74. The molecule has 3 rings (SSSR count). The Bertz CT molecular complexity index is 847. The van der Waals surface area contributed by atoms with Crippen molar-refractivity contribution in [2.75, 3.05) is 0 Å². The minimum atomic E-state index is -0.836. The first-order chi connectivity index (χ1) is 11.9. The minimum Gasteiger partial charge on any atom is -0.340 e. The Morgan fingerprint density at radius 2 is 2.12 bits per heavy atom. The molecule has 1 amide bonds. The lowest BCUT2D eigenvalue weighted by Crippen LogP contribution is -2.46. The summed E-state index contributed by atoms with van der Waals surface area (Å²) >= 11 is 0. The fourth-order valence-electron chi connectivity index (χ4n) is 3.01. The lowest BCUT2D eigenvalue weighted by atomic mass is 9.94. The highest BCUT2D eigenvalue weighted by Gasteiger charge is 2.31. The minimum absolute atomic E-state index is 0.128. The number of H-pyrrole nitrogens is 1. The van der Waals surface area contributed by atoms with E-state index in [9.17, 15) is 14.0 Å². The number of fused-ring (bicyclic) bond motifs is 1. The average molecular weight is 344 g/mol. The summed E-state index contributed by atoms with van der Waals surface area (Å²) in [4.78, 5) is 35.8. The van der Waals surface area contributed by atoms with E-state index in [-0.39, 0.29) is 11.1 Å². The van der Waals surface area contributed by atoms with Crippen molar-refractivity contribution in [1.29, 1.82) is 0 Å². The van der Waals surface area contributed by atoms with Gasteiger partial charge < -0.3 is 10.3 Å². The van der Waals surface area contributed by atoms with Crippen LogP contribution in [0, 0.1) is 5.95 Å². The number of carbonyl (C=O) groups excluding carboxylic acids is 1. The molecule has 2 aromatic rings. The molecule has 7 heteroatoms. The van der Waals surface area contributed by atoms with Gasteiger partial charge in [-0.25, -0.2) is 9.97 Å². The molecule has 0 spiro atoms. The first-order valence-electron chi connectivity index (χ1n) is 8.49. The zero-order valence-electron chi connectivity index (χ0n) is 14.4. The first kappa shape index (κ1) is 17.3. The van der Waals surface area contributed by atoms with Gasteiger partial charge in [-0.15, -0.1) is 0 Å². The summed E-state index contributed by atoms with van der Waals surface area (Å²) in [6.07, 6.45) is 5.25. The van der Waals surface area contributed by atoms with E-state index in [0.717, 1.165) is 43.0 Å². The number of rotatable bonds is 4. The average Bonchev–Trinajstić information content (AvgIpc) is 2.62. The molecule has 0 aromatic carbocycles. The van der Waals surface area contributed by atoms with E-state index < -0.39 is 17.4 Å². The molecule has 2 heterocycles. The number of halogens is 1. The van der Waals surface area contributed by atoms with E-state index in [1.54, 1.807) is 0 Å². The van der Waals surface area contributed by atoms with Crippen LogP contribution in [0.15, 0.2) is 23.1 Å². The number of carbonyl (C=O) groups is 1. The van der Waals surface area contributed by atoms with Gasteiger partial charge in [-0.2, -0.15) is 4.39 Å². The normalized spacial score (nSPS) is 16.0. The Morgan fingerprint density at radius 3 is 2.80 bits per heavy atom. The van der Waals surface area contributed by atoms with Gasteiger partial charge in [0.1, 0.15) is 5.82 Å². The van der Waals surface area contributed by atoms with Gasteiger partial charge in [0, 0.05) is 11.8 Å². The lowest BCUT2D eigenvalue weighted by molar-refractivity contribution is 0.0896. The van der Waals surface area contributed by atoms with Crippen LogP contribution in [0.5, 0.6) is 0 Å². The summed E-state index contributed by atoms with van der Waals surface area (Å²) in [5.74, 6) is -0.586. The van der Waals surface area contributed by atoms with Gasteiger partial charge in [0.05, 0.1) is 16.8 Å². The Morgan fingerprint density at radius 1 is 1.36 bits per heavy atom. The molecule has 0 radical (unpaired) electrons. The molecule has 0 unspecified atom stereocenters. The van der Waals surface area contributed by atoms with Crippen molar-refractivity contribution >= 4 is 5.91 Å². The standard InChI is InChI=1S/C18H21FN4O2/c1-3-18(2,23-15(24)11-8-9-14(19)20-10-11)17-21-13-7-5-4-6-12(13)16(25)22-17/h8-10H,3-7H2,1-2H3,(H,23,24)(H,21,22,25)/t18-/m1/s1. The second-order valence-corrected chi connectivity index (χ2v) is 6.56. The van der Waals surface area contributed by atoms with Gasteiger partial charge in [0.2, 0.25) is 5.95 Å². The third-order valence-corrected chi connectivity index (χ3v) is 4.80. The van der Waals surface area contributed by atoms with Crippen LogP contribution in [0.25, 0.3) is 0 Å². The highest BCUT2D eigenvalue weighted by atomic mass is 19.1. The maximum Gasteiger partial charge on any atom is 0.254 e. The van der Waals surface area contributed by atoms with Gasteiger partial charge in [0.15, 0.2) is 0 Å². The van der Waals surface area contributed by atoms with Gasteiger partial charge in [-0.05, 0) is 51.2 Å². The molecule has 1 atom stereocenters. The maximum atomic E-state index is 12.9. The first-order valence-corrected chi connectivity index (χ1v) is 8.49. The number of aromatic amines is 1. The van der Waals surface area contributed by atoms with E-state index in [0.29, 0.717) is 12.2 Å². The van der Waals surface area contributed by atoms with Crippen molar-refractivity contribution in [3.05, 3.63) is 57.3 Å². The van der Waals surface area contributed by atoms with Gasteiger partial charge in [-0.3, -0.25) is 9.59 Å². The number of aromatic nitrogens is 3. The van der Waals surface area contributed by atoms with Crippen molar-refractivity contribution in [2.45, 2.75) is 51.5 Å². The van der Waals surface area contributed by atoms with E-state index in [1.165, 1.54) is 12.3 Å². The number of nitrogens with one attached hydrogen (secondary N) is 2. The van der Waals surface area contributed by atoms with Crippen molar-refractivity contribution < 1.29 is 9.18 Å². The molecular formula is C18H21FN4O2. The molecule has 0 saturated heterocycles. The molecular weight excluding hydrogens is 323 g/mol. The molecule has 2 aromatic heterocycles. The zero-order chi connectivity index (χ0) is 18.0. The molecule has 0 fully saturated rings. The van der Waals surface area contributed by atoms with Gasteiger partial charge in [-0.1, -0.05) is 6.92 Å². The van der Waals surface area contributed by atoms with Gasteiger partial charge in [0.25, 0.3) is 11.5 Å². The smallest absolute Gasteiger partial charge is 0.254 e. The quantitative estimate of drug-likeness (QED) is 0.833. The number of hydrogen-bond acceptors (Lipinski definition) is 4. The summed E-state index contributed by atoms with van der Waals surface area (Å²) in [6, 6.07) is 2.51.